The molecule has 0 atom stereocenters. The number of hydrogen-bond donors (Lipinski definition) is 2. The Hall–Kier alpha value is -3.04. The summed E-state index contributed by atoms with van der Waals surface area (Å²) in [6.45, 7) is 8.23. The van der Waals surface area contributed by atoms with Gasteiger partial charge in [-0.1, -0.05) is 0 Å². The summed E-state index contributed by atoms with van der Waals surface area (Å²) >= 11 is 1.36. The fourth-order valence-corrected chi connectivity index (χ4v) is 5.23. The Balaban J connectivity index is 1.89. The maximum absolute atomic E-state index is 12.6. The van der Waals surface area contributed by atoms with Crippen molar-refractivity contribution in [2.24, 2.45) is 0 Å². The Bertz CT molecular complexity index is 1070. The summed E-state index contributed by atoms with van der Waals surface area (Å²) < 4.78 is 5.00. The summed E-state index contributed by atoms with van der Waals surface area (Å²) in [4.78, 5) is 36.4. The van der Waals surface area contributed by atoms with E-state index in [1.807, 2.05) is 13.8 Å². The second-order valence-corrected chi connectivity index (χ2v) is 9.61. The predicted octanol–water partition coefficient (Wildman–Crippen LogP) is 4.25. The van der Waals surface area contributed by atoms with Gasteiger partial charge in [-0.2, -0.15) is 0 Å². The molecular formula is C22H25N3O5S. The van der Waals surface area contributed by atoms with Gasteiger partial charge < -0.3 is 15.4 Å². The lowest BCUT2D eigenvalue weighted by atomic mass is 9.81. The number of amides is 1. The van der Waals surface area contributed by atoms with Crippen LogP contribution in [0.2, 0.25) is 0 Å². The molecule has 0 spiro atoms. The maximum atomic E-state index is 12.6. The van der Waals surface area contributed by atoms with Crippen molar-refractivity contribution in [3.8, 4) is 0 Å². The minimum Gasteiger partial charge on any atom is -0.465 e. The largest absolute Gasteiger partial charge is 0.465 e. The Morgan fingerprint density at radius 1 is 1.23 bits per heavy atom. The Labute approximate surface area is 184 Å². The molecule has 0 unspecified atom stereocenters. The van der Waals surface area contributed by atoms with Crippen molar-refractivity contribution in [1.82, 2.24) is 5.32 Å². The normalized spacial score (nSPS) is 16.5. The first-order valence-electron chi connectivity index (χ1n) is 9.71. The molecule has 164 valence electrons. The molecule has 0 radical (unpaired) electrons. The van der Waals surface area contributed by atoms with Crippen LogP contribution in [0.5, 0.6) is 0 Å². The lowest BCUT2D eigenvalue weighted by Crippen LogP contribution is -2.55. The number of nitrogens with one attached hydrogen (secondary N) is 2. The molecular weight excluding hydrogens is 418 g/mol. The Kier molecular flexibility index (Phi) is 6.02. The Morgan fingerprint density at radius 2 is 1.87 bits per heavy atom. The van der Waals surface area contributed by atoms with Gasteiger partial charge in [0.25, 0.3) is 5.69 Å². The summed E-state index contributed by atoms with van der Waals surface area (Å²) in [5, 5.41) is 17.6. The van der Waals surface area contributed by atoms with Gasteiger partial charge in [0.05, 0.1) is 17.6 Å². The zero-order chi connectivity index (χ0) is 23.0. The third kappa shape index (κ3) is 4.83. The molecule has 0 saturated carbocycles. The van der Waals surface area contributed by atoms with E-state index in [4.69, 9.17) is 4.74 Å². The van der Waals surface area contributed by atoms with Crippen LogP contribution in [0, 0.1) is 10.1 Å². The van der Waals surface area contributed by atoms with Gasteiger partial charge in [-0.25, -0.2) is 4.79 Å². The number of methoxy groups -OCH3 is 1. The fourth-order valence-electron chi connectivity index (χ4n) is 3.97. The quantitative estimate of drug-likeness (QED) is 0.309. The first-order chi connectivity index (χ1) is 14.4. The van der Waals surface area contributed by atoms with Gasteiger partial charge in [-0.3, -0.25) is 14.9 Å². The molecule has 0 bridgehead atoms. The highest BCUT2D eigenvalue weighted by Crippen LogP contribution is 2.45. The topological polar surface area (TPSA) is 111 Å². The van der Waals surface area contributed by atoms with Crippen molar-refractivity contribution in [2.45, 2.75) is 45.2 Å². The second-order valence-electron chi connectivity index (χ2n) is 8.59. The highest BCUT2D eigenvalue weighted by Gasteiger charge is 2.42. The molecule has 31 heavy (non-hydrogen) atoms. The van der Waals surface area contributed by atoms with Gasteiger partial charge >= 0.3 is 5.97 Å². The number of nitro benzene ring substituents is 1. The van der Waals surface area contributed by atoms with E-state index in [0.717, 1.165) is 10.4 Å². The standard InChI is InChI=1S/C22H25N3O5S/c1-21(2)12-15-17(20(27)30-5)19(31-18(15)22(3,4)24-21)23-16(26)11-8-13-6-9-14(10-7-13)25(28)29/h6-11,24H,12H2,1-5H3,(H,23,26). The predicted molar refractivity (Wildman–Crippen MR) is 120 cm³/mol. The summed E-state index contributed by atoms with van der Waals surface area (Å²) in [6.07, 6.45) is 3.51. The average Bonchev–Trinajstić information content (AvgIpc) is 3.03. The number of non-ortho nitro benzene ring substituents is 1. The number of carbonyl (C=O) groups is 2. The minimum atomic E-state index is -0.486. The van der Waals surface area contributed by atoms with E-state index in [9.17, 15) is 19.7 Å². The molecule has 1 aromatic heterocycles. The van der Waals surface area contributed by atoms with E-state index >= 15 is 0 Å². The number of carbonyl (C=O) groups excluding carboxylic acids is 2. The maximum Gasteiger partial charge on any atom is 0.341 e. The number of thiophene rings is 1. The van der Waals surface area contributed by atoms with Gasteiger partial charge in [-0.05, 0) is 63.5 Å². The van der Waals surface area contributed by atoms with Crippen molar-refractivity contribution >= 4 is 40.0 Å². The van der Waals surface area contributed by atoms with Crippen LogP contribution in [0.3, 0.4) is 0 Å². The lowest BCUT2D eigenvalue weighted by Gasteiger charge is -2.42. The summed E-state index contributed by atoms with van der Waals surface area (Å²) in [6, 6.07) is 5.86. The van der Waals surface area contributed by atoms with E-state index in [1.165, 1.54) is 36.7 Å². The van der Waals surface area contributed by atoms with Crippen LogP contribution in [0.4, 0.5) is 10.7 Å². The molecule has 1 aromatic carbocycles. The molecule has 9 heteroatoms. The summed E-state index contributed by atoms with van der Waals surface area (Å²) in [5.41, 5.74) is 1.31. The van der Waals surface area contributed by atoms with Crippen molar-refractivity contribution in [1.29, 1.82) is 0 Å². The highest BCUT2D eigenvalue weighted by atomic mass is 32.1. The number of anilines is 1. The smallest absolute Gasteiger partial charge is 0.341 e. The van der Waals surface area contributed by atoms with Crippen LogP contribution in [-0.4, -0.2) is 29.4 Å². The zero-order valence-electron chi connectivity index (χ0n) is 18.1. The number of benzene rings is 1. The van der Waals surface area contributed by atoms with Gasteiger partial charge in [-0.15, -0.1) is 11.3 Å². The van der Waals surface area contributed by atoms with E-state index in [-0.39, 0.29) is 16.8 Å². The van der Waals surface area contributed by atoms with Gasteiger partial charge in [0, 0.05) is 34.2 Å². The third-order valence-electron chi connectivity index (χ3n) is 5.00. The molecule has 0 aliphatic carbocycles. The highest BCUT2D eigenvalue weighted by molar-refractivity contribution is 7.17. The second kappa shape index (κ2) is 8.24. The van der Waals surface area contributed by atoms with Crippen LogP contribution in [-0.2, 0) is 21.5 Å². The van der Waals surface area contributed by atoms with Crippen molar-refractivity contribution in [2.75, 3.05) is 12.4 Å². The molecule has 3 rings (SSSR count). The average molecular weight is 444 g/mol. The first kappa shape index (κ1) is 22.6. The van der Waals surface area contributed by atoms with Crippen LogP contribution in [0.25, 0.3) is 6.08 Å². The number of nitrogens with zero attached hydrogens (tertiary/aromatic N) is 1. The minimum absolute atomic E-state index is 0.0207. The van der Waals surface area contributed by atoms with Crippen LogP contribution in [0.15, 0.2) is 30.3 Å². The first-order valence-corrected chi connectivity index (χ1v) is 10.5. The lowest BCUT2D eigenvalue weighted by molar-refractivity contribution is -0.384. The molecule has 0 fully saturated rings. The number of esters is 1. The van der Waals surface area contributed by atoms with E-state index in [0.29, 0.717) is 22.5 Å². The number of rotatable bonds is 5. The Morgan fingerprint density at radius 3 is 2.45 bits per heavy atom. The third-order valence-corrected chi connectivity index (χ3v) is 6.47. The molecule has 2 heterocycles. The van der Waals surface area contributed by atoms with E-state index < -0.39 is 16.8 Å². The molecule has 2 N–H and O–H groups in total. The molecule has 8 nitrogen and oxygen atoms in total. The van der Waals surface area contributed by atoms with Crippen molar-refractivity contribution in [3.63, 3.8) is 0 Å². The number of fused-ring (bicyclic) bond motifs is 1. The fraction of sp³-hybridized carbons (Fsp3) is 0.364. The van der Waals surface area contributed by atoms with Crippen LogP contribution >= 0.6 is 11.3 Å². The van der Waals surface area contributed by atoms with E-state index in [1.54, 1.807) is 18.2 Å². The number of hydrogen-bond acceptors (Lipinski definition) is 7. The molecule has 0 saturated heterocycles. The number of ether oxygens (including phenoxy) is 1. The molecule has 1 aliphatic heterocycles. The monoisotopic (exact) mass is 443 g/mol. The van der Waals surface area contributed by atoms with Crippen LogP contribution < -0.4 is 10.6 Å². The van der Waals surface area contributed by atoms with Gasteiger partial charge in [0.15, 0.2) is 0 Å². The summed E-state index contributed by atoms with van der Waals surface area (Å²) in [7, 11) is 1.32. The van der Waals surface area contributed by atoms with Gasteiger partial charge in [0.2, 0.25) is 5.91 Å². The summed E-state index contributed by atoms with van der Waals surface area (Å²) in [5.74, 6) is -0.896. The SMILES string of the molecule is COC(=O)c1c(NC(=O)C=Cc2ccc([N+](=O)[O-])cc2)sc2c1CC(C)(C)NC2(C)C. The molecule has 2 aromatic rings. The van der Waals surface area contributed by atoms with Crippen molar-refractivity contribution in [3.05, 3.63) is 62.0 Å². The molecule has 1 amide bonds. The molecule has 1 aliphatic rings. The zero-order valence-corrected chi connectivity index (χ0v) is 18.9. The van der Waals surface area contributed by atoms with Gasteiger partial charge in [0.1, 0.15) is 5.00 Å². The van der Waals surface area contributed by atoms with Crippen LogP contribution in [0.1, 0.15) is 54.1 Å². The van der Waals surface area contributed by atoms with Crippen molar-refractivity contribution < 1.29 is 19.2 Å². The number of nitro groups is 1. The van der Waals surface area contributed by atoms with E-state index in [2.05, 4.69) is 24.5 Å².